The lowest BCUT2D eigenvalue weighted by molar-refractivity contribution is -0.123. The van der Waals surface area contributed by atoms with Gasteiger partial charge in [0.05, 0.1) is 12.2 Å². The molecule has 2 heterocycles. The summed E-state index contributed by atoms with van der Waals surface area (Å²) in [6, 6.07) is 21.6. The molecule has 0 unspecified atom stereocenters. The van der Waals surface area contributed by atoms with E-state index in [4.69, 9.17) is 0 Å². The molecule has 6 nitrogen and oxygen atoms in total. The van der Waals surface area contributed by atoms with E-state index in [9.17, 15) is 18.0 Å². The summed E-state index contributed by atoms with van der Waals surface area (Å²) in [5.74, 6) is -1.93. The molecule has 0 N–H and O–H groups in total. The van der Waals surface area contributed by atoms with Crippen LogP contribution in [-0.2, 0) is 30.8 Å². The molecule has 0 bridgehead atoms. The number of amides is 2. The predicted octanol–water partition coefficient (Wildman–Crippen LogP) is 3.46. The van der Waals surface area contributed by atoms with E-state index in [1.54, 1.807) is 36.4 Å². The SMILES string of the molecule is Cc1ccc(N2C(=O)CS(=O)(=O)[C@@]23C(=O)N(Cc2ccccc2)c2ccccc23)cc1C. The first-order valence-electron chi connectivity index (χ1n) is 10.4. The van der Waals surface area contributed by atoms with E-state index in [0.717, 1.165) is 16.7 Å². The molecule has 2 amide bonds. The molecule has 0 saturated carbocycles. The van der Waals surface area contributed by atoms with Crippen molar-refractivity contribution in [1.82, 2.24) is 0 Å². The molecule has 1 fully saturated rings. The van der Waals surface area contributed by atoms with Crippen molar-refractivity contribution < 1.29 is 18.0 Å². The molecule has 0 aromatic heterocycles. The van der Waals surface area contributed by atoms with Crippen molar-refractivity contribution in [2.45, 2.75) is 25.3 Å². The van der Waals surface area contributed by atoms with E-state index in [-0.39, 0.29) is 6.54 Å². The van der Waals surface area contributed by atoms with Crippen LogP contribution in [0.1, 0.15) is 22.3 Å². The molecule has 2 aliphatic heterocycles. The molecule has 7 heteroatoms. The van der Waals surface area contributed by atoms with Gasteiger partial charge in [0.25, 0.3) is 10.8 Å². The molecule has 5 rings (SSSR count). The molecule has 0 aliphatic carbocycles. The number of anilines is 2. The summed E-state index contributed by atoms with van der Waals surface area (Å²) in [6.07, 6.45) is 0. The summed E-state index contributed by atoms with van der Waals surface area (Å²) in [7, 11) is -4.16. The van der Waals surface area contributed by atoms with Crippen LogP contribution in [0.25, 0.3) is 0 Å². The molecular weight excluding hydrogens is 424 g/mol. The lowest BCUT2D eigenvalue weighted by Crippen LogP contribution is -2.54. The number of fused-ring (bicyclic) bond motifs is 2. The third-order valence-electron chi connectivity index (χ3n) is 6.36. The van der Waals surface area contributed by atoms with Gasteiger partial charge in [0, 0.05) is 11.3 Å². The Kier molecular flexibility index (Phi) is 4.49. The summed E-state index contributed by atoms with van der Waals surface area (Å²) in [5, 5.41) is 0. The van der Waals surface area contributed by atoms with Gasteiger partial charge in [0.1, 0.15) is 5.75 Å². The van der Waals surface area contributed by atoms with Crippen LogP contribution in [0.4, 0.5) is 11.4 Å². The van der Waals surface area contributed by atoms with Crippen LogP contribution in [-0.4, -0.2) is 26.0 Å². The summed E-state index contributed by atoms with van der Waals surface area (Å²) in [5.41, 5.74) is 4.03. The molecule has 3 aromatic rings. The minimum absolute atomic E-state index is 0.211. The van der Waals surface area contributed by atoms with Gasteiger partial charge >= 0.3 is 0 Å². The maximum Gasteiger partial charge on any atom is 0.274 e. The van der Waals surface area contributed by atoms with Gasteiger partial charge in [-0.05, 0) is 48.7 Å². The fraction of sp³-hybridized carbons (Fsp3) is 0.200. The Hall–Kier alpha value is -3.45. The second-order valence-electron chi connectivity index (χ2n) is 8.29. The highest BCUT2D eigenvalue weighted by molar-refractivity contribution is 7.94. The highest BCUT2D eigenvalue weighted by Crippen LogP contribution is 2.52. The van der Waals surface area contributed by atoms with Crippen molar-refractivity contribution in [2.24, 2.45) is 0 Å². The summed E-state index contributed by atoms with van der Waals surface area (Å²) >= 11 is 0. The first-order chi connectivity index (χ1) is 15.3. The van der Waals surface area contributed by atoms with Gasteiger partial charge in [-0.1, -0.05) is 54.6 Å². The lowest BCUT2D eigenvalue weighted by atomic mass is 10.0. The second-order valence-corrected chi connectivity index (χ2v) is 10.4. The van der Waals surface area contributed by atoms with Crippen LogP contribution in [0.2, 0.25) is 0 Å². The lowest BCUT2D eigenvalue weighted by Gasteiger charge is -2.33. The van der Waals surface area contributed by atoms with E-state index < -0.39 is 32.3 Å². The maximum absolute atomic E-state index is 14.0. The van der Waals surface area contributed by atoms with Crippen LogP contribution in [0.5, 0.6) is 0 Å². The third-order valence-corrected chi connectivity index (χ3v) is 8.46. The first kappa shape index (κ1) is 20.5. The predicted molar refractivity (Wildman–Crippen MR) is 123 cm³/mol. The molecule has 2 aliphatic rings. The molecular formula is C25H22N2O4S. The number of nitrogens with zero attached hydrogens (tertiary/aromatic N) is 2. The molecule has 1 saturated heterocycles. The average Bonchev–Trinajstić information content (AvgIpc) is 3.14. The highest BCUT2D eigenvalue weighted by atomic mass is 32.2. The van der Waals surface area contributed by atoms with Crippen LogP contribution < -0.4 is 9.80 Å². The quantitative estimate of drug-likeness (QED) is 0.618. The first-order valence-corrected chi connectivity index (χ1v) is 12.0. The third kappa shape index (κ3) is 2.67. The minimum Gasteiger partial charge on any atom is -0.304 e. The number of para-hydroxylation sites is 1. The van der Waals surface area contributed by atoms with Gasteiger partial charge in [0.2, 0.25) is 5.91 Å². The molecule has 0 radical (unpaired) electrons. The van der Waals surface area contributed by atoms with E-state index in [2.05, 4.69) is 0 Å². The van der Waals surface area contributed by atoms with Crippen LogP contribution >= 0.6 is 0 Å². The number of sulfone groups is 1. The minimum atomic E-state index is -4.16. The van der Waals surface area contributed by atoms with Crippen molar-refractivity contribution in [3.63, 3.8) is 0 Å². The zero-order chi connectivity index (χ0) is 22.7. The maximum atomic E-state index is 14.0. The van der Waals surface area contributed by atoms with E-state index in [1.807, 2.05) is 50.2 Å². The normalized spacial score (nSPS) is 21.4. The molecule has 1 spiro atoms. The summed E-state index contributed by atoms with van der Waals surface area (Å²) < 4.78 is 27.2. The van der Waals surface area contributed by atoms with Crippen molar-refractivity contribution in [1.29, 1.82) is 0 Å². The number of rotatable bonds is 3. The van der Waals surface area contributed by atoms with Crippen molar-refractivity contribution in [3.05, 3.63) is 95.1 Å². The Bertz CT molecular complexity index is 1370. The number of carbonyl (C=O) groups excluding carboxylic acids is 2. The van der Waals surface area contributed by atoms with Crippen molar-refractivity contribution >= 4 is 33.0 Å². The van der Waals surface area contributed by atoms with E-state index in [1.165, 1.54) is 9.80 Å². The van der Waals surface area contributed by atoms with Gasteiger partial charge in [-0.2, -0.15) is 0 Å². The second kappa shape index (κ2) is 7.03. The Morgan fingerprint density at radius 2 is 1.56 bits per heavy atom. The van der Waals surface area contributed by atoms with Gasteiger partial charge in [-0.15, -0.1) is 0 Å². The van der Waals surface area contributed by atoms with Crippen LogP contribution in [0, 0.1) is 13.8 Å². The molecule has 162 valence electrons. The monoisotopic (exact) mass is 446 g/mol. The van der Waals surface area contributed by atoms with Gasteiger partial charge in [0.15, 0.2) is 9.84 Å². The van der Waals surface area contributed by atoms with Gasteiger partial charge in [-0.25, -0.2) is 8.42 Å². The zero-order valence-electron chi connectivity index (χ0n) is 17.8. The fourth-order valence-corrected chi connectivity index (χ4v) is 6.71. The number of benzene rings is 3. The fourth-order valence-electron chi connectivity index (χ4n) is 4.68. The molecule has 1 atom stereocenters. The highest BCUT2D eigenvalue weighted by Gasteiger charge is 2.69. The van der Waals surface area contributed by atoms with Crippen molar-refractivity contribution in [2.75, 3.05) is 15.6 Å². The van der Waals surface area contributed by atoms with Crippen molar-refractivity contribution in [3.8, 4) is 0 Å². The van der Waals surface area contributed by atoms with Crippen LogP contribution in [0.15, 0.2) is 72.8 Å². The number of hydrogen-bond acceptors (Lipinski definition) is 4. The topological polar surface area (TPSA) is 74.8 Å². The average molecular weight is 447 g/mol. The summed E-state index contributed by atoms with van der Waals surface area (Å²) in [6.45, 7) is 4.05. The Balaban J connectivity index is 1.75. The van der Waals surface area contributed by atoms with Gasteiger partial charge < -0.3 is 4.90 Å². The Morgan fingerprint density at radius 1 is 0.875 bits per heavy atom. The van der Waals surface area contributed by atoms with E-state index >= 15 is 0 Å². The summed E-state index contributed by atoms with van der Waals surface area (Å²) in [4.78, 5) is 27.8. The van der Waals surface area contributed by atoms with Crippen LogP contribution in [0.3, 0.4) is 0 Å². The number of aryl methyl sites for hydroxylation is 2. The van der Waals surface area contributed by atoms with E-state index in [0.29, 0.717) is 16.9 Å². The number of hydrogen-bond donors (Lipinski definition) is 0. The standard InChI is InChI=1S/C25H22N2O4S/c1-17-12-13-20(14-18(17)2)27-23(28)16-32(30,31)25(27)21-10-6-7-11-22(21)26(24(25)29)15-19-8-4-3-5-9-19/h3-14H,15-16H2,1-2H3/t25-/m0/s1. The molecule has 32 heavy (non-hydrogen) atoms. The number of carbonyl (C=O) groups is 2. The zero-order valence-corrected chi connectivity index (χ0v) is 18.6. The largest absolute Gasteiger partial charge is 0.304 e. The molecule has 3 aromatic carbocycles. The van der Waals surface area contributed by atoms with Gasteiger partial charge in [-0.3, -0.25) is 14.5 Å². The Labute approximate surface area is 187 Å². The smallest absolute Gasteiger partial charge is 0.274 e. The Morgan fingerprint density at radius 3 is 2.28 bits per heavy atom.